The fourth-order valence-electron chi connectivity index (χ4n) is 4.35. The van der Waals surface area contributed by atoms with E-state index >= 15 is 0 Å². The van der Waals surface area contributed by atoms with Gasteiger partial charge in [0.1, 0.15) is 5.82 Å². The van der Waals surface area contributed by atoms with E-state index in [0.29, 0.717) is 30.5 Å². The molecule has 2 aromatic heterocycles. The number of aromatic amines is 1. The summed E-state index contributed by atoms with van der Waals surface area (Å²) in [7, 11) is 0. The van der Waals surface area contributed by atoms with Crippen molar-refractivity contribution in [1.29, 1.82) is 0 Å². The second kappa shape index (κ2) is 9.31. The molecule has 0 radical (unpaired) electrons. The topological polar surface area (TPSA) is 86.9 Å². The van der Waals surface area contributed by atoms with Crippen molar-refractivity contribution in [3.63, 3.8) is 0 Å². The first kappa shape index (κ1) is 21.6. The first-order chi connectivity index (χ1) is 16.6. The summed E-state index contributed by atoms with van der Waals surface area (Å²) in [5.74, 6) is -0.692. The van der Waals surface area contributed by atoms with Gasteiger partial charge in [-0.1, -0.05) is 18.2 Å². The van der Waals surface area contributed by atoms with Crippen LogP contribution in [0.15, 0.2) is 79.1 Å². The monoisotopic (exact) mass is 454 g/mol. The molecule has 4 aromatic rings. The van der Waals surface area contributed by atoms with E-state index in [2.05, 4.69) is 20.6 Å². The molecule has 170 valence electrons. The highest BCUT2D eigenvalue weighted by molar-refractivity contribution is 6.07. The number of fused-ring (bicyclic) bond motifs is 1. The third-order valence-corrected chi connectivity index (χ3v) is 5.99. The summed E-state index contributed by atoms with van der Waals surface area (Å²) in [4.78, 5) is 33.3. The Morgan fingerprint density at radius 3 is 2.47 bits per heavy atom. The molecule has 1 aliphatic rings. The van der Waals surface area contributed by atoms with Gasteiger partial charge < -0.3 is 15.6 Å². The highest BCUT2D eigenvalue weighted by atomic mass is 19.1. The maximum Gasteiger partial charge on any atom is 0.251 e. The van der Waals surface area contributed by atoms with E-state index in [9.17, 15) is 14.0 Å². The zero-order valence-corrected chi connectivity index (χ0v) is 18.3. The van der Waals surface area contributed by atoms with Crippen molar-refractivity contribution in [3.05, 3.63) is 102 Å². The number of pyridine rings is 1. The molecule has 1 unspecified atom stereocenters. The van der Waals surface area contributed by atoms with E-state index in [4.69, 9.17) is 0 Å². The third-order valence-electron chi connectivity index (χ3n) is 5.99. The van der Waals surface area contributed by atoms with Gasteiger partial charge in [0, 0.05) is 47.9 Å². The smallest absolute Gasteiger partial charge is 0.251 e. The maximum absolute atomic E-state index is 13.3. The summed E-state index contributed by atoms with van der Waals surface area (Å²) in [5.41, 5.74) is 5.31. The lowest BCUT2D eigenvalue weighted by atomic mass is 9.86. The molecule has 2 heterocycles. The van der Waals surface area contributed by atoms with Gasteiger partial charge in [0.2, 0.25) is 0 Å². The van der Waals surface area contributed by atoms with Crippen molar-refractivity contribution in [2.45, 2.75) is 12.8 Å². The minimum absolute atomic E-state index is 0.0252. The molecule has 0 saturated carbocycles. The largest absolute Gasteiger partial charge is 0.356 e. The second-order valence-electron chi connectivity index (χ2n) is 8.37. The van der Waals surface area contributed by atoms with Crippen LogP contribution in [0.4, 0.5) is 15.8 Å². The molecule has 7 heteroatoms. The van der Waals surface area contributed by atoms with Crippen molar-refractivity contribution < 1.29 is 14.0 Å². The Balaban J connectivity index is 1.40. The van der Waals surface area contributed by atoms with E-state index in [1.807, 2.05) is 42.5 Å². The number of carbonyl (C=O) groups is 2. The molecule has 2 aromatic carbocycles. The molecular formula is C27H23FN4O2. The Bertz CT molecular complexity index is 1320. The van der Waals surface area contributed by atoms with E-state index in [0.717, 1.165) is 28.3 Å². The van der Waals surface area contributed by atoms with Gasteiger partial charge in [-0.2, -0.15) is 0 Å². The molecule has 0 fully saturated rings. The average molecular weight is 455 g/mol. The van der Waals surface area contributed by atoms with Crippen molar-refractivity contribution in [2.75, 3.05) is 11.9 Å². The van der Waals surface area contributed by atoms with Gasteiger partial charge in [0.05, 0.1) is 16.9 Å². The number of hydrogen-bond donors (Lipinski definition) is 3. The van der Waals surface area contributed by atoms with Crippen molar-refractivity contribution in [1.82, 2.24) is 15.3 Å². The van der Waals surface area contributed by atoms with Crippen molar-refractivity contribution in [2.24, 2.45) is 5.92 Å². The van der Waals surface area contributed by atoms with Gasteiger partial charge in [-0.3, -0.25) is 14.6 Å². The first-order valence-electron chi connectivity index (χ1n) is 11.1. The third kappa shape index (κ3) is 4.45. The standard InChI is InChI=1S/C27H23FN4O2/c28-20-8-6-19(7-9-20)27(34)30-16-17-14-22-24(23(33)15-17)26(31-21-4-2-1-3-5-21)25(32-22)18-10-12-29-13-11-18/h1-13,17,31-32H,14-16H2,(H,30,34). The van der Waals surface area contributed by atoms with Crippen LogP contribution in [0.2, 0.25) is 0 Å². The molecular weight excluding hydrogens is 431 g/mol. The molecule has 34 heavy (non-hydrogen) atoms. The number of halogens is 1. The molecule has 0 saturated heterocycles. The molecule has 6 nitrogen and oxygen atoms in total. The Morgan fingerprint density at radius 1 is 1.00 bits per heavy atom. The van der Waals surface area contributed by atoms with Crippen LogP contribution >= 0.6 is 0 Å². The summed E-state index contributed by atoms with van der Waals surface area (Å²) in [5, 5.41) is 6.31. The van der Waals surface area contributed by atoms with Crippen molar-refractivity contribution >= 4 is 23.1 Å². The molecule has 1 atom stereocenters. The van der Waals surface area contributed by atoms with Crippen molar-refractivity contribution in [3.8, 4) is 11.3 Å². The Morgan fingerprint density at radius 2 is 1.74 bits per heavy atom. The number of ketones is 1. The van der Waals surface area contributed by atoms with Crippen LogP contribution in [-0.2, 0) is 6.42 Å². The number of anilines is 2. The minimum Gasteiger partial charge on any atom is -0.356 e. The van der Waals surface area contributed by atoms with Gasteiger partial charge in [0.25, 0.3) is 5.91 Å². The molecule has 3 N–H and O–H groups in total. The predicted molar refractivity (Wildman–Crippen MR) is 129 cm³/mol. The van der Waals surface area contributed by atoms with E-state index < -0.39 is 5.82 Å². The maximum atomic E-state index is 13.3. The predicted octanol–water partition coefficient (Wildman–Crippen LogP) is 5.13. The van der Waals surface area contributed by atoms with Crippen LogP contribution in [0, 0.1) is 11.7 Å². The lowest BCUT2D eigenvalue weighted by Crippen LogP contribution is -2.33. The normalized spacial score (nSPS) is 15.0. The molecule has 0 bridgehead atoms. The quantitative estimate of drug-likeness (QED) is 0.377. The number of aromatic nitrogens is 2. The number of benzene rings is 2. The summed E-state index contributed by atoms with van der Waals surface area (Å²) >= 11 is 0. The summed E-state index contributed by atoms with van der Waals surface area (Å²) in [6, 6.07) is 18.9. The molecule has 0 spiro atoms. The summed E-state index contributed by atoms with van der Waals surface area (Å²) in [6.45, 7) is 0.354. The number of rotatable bonds is 6. The second-order valence-corrected chi connectivity index (χ2v) is 8.37. The summed E-state index contributed by atoms with van der Waals surface area (Å²) < 4.78 is 13.1. The van der Waals surface area contributed by atoms with Crippen LogP contribution < -0.4 is 10.6 Å². The fourth-order valence-corrected chi connectivity index (χ4v) is 4.35. The van der Waals surface area contributed by atoms with Gasteiger partial charge >= 0.3 is 0 Å². The molecule has 1 amide bonds. The SMILES string of the molecule is O=C(NCC1CC(=O)c2c([nH]c(-c3ccncc3)c2Nc2ccccc2)C1)c1ccc(F)cc1. The highest BCUT2D eigenvalue weighted by Gasteiger charge is 2.32. The number of nitrogens with zero attached hydrogens (tertiary/aromatic N) is 1. The Hall–Kier alpha value is -4.26. The molecule has 0 aliphatic heterocycles. The van der Waals surface area contributed by atoms with Crippen LogP contribution in [0.25, 0.3) is 11.3 Å². The number of para-hydroxylation sites is 1. The number of Topliss-reactive ketones (excluding diaryl/α,β-unsaturated/α-hetero) is 1. The fraction of sp³-hybridized carbons (Fsp3) is 0.148. The van der Waals surface area contributed by atoms with E-state index in [1.54, 1.807) is 12.4 Å². The van der Waals surface area contributed by atoms with Gasteiger partial charge in [-0.25, -0.2) is 4.39 Å². The average Bonchev–Trinajstić information content (AvgIpc) is 3.23. The Labute approximate surface area is 196 Å². The van der Waals surface area contributed by atoms with Crippen LogP contribution in [0.5, 0.6) is 0 Å². The number of H-pyrrole nitrogens is 1. The lowest BCUT2D eigenvalue weighted by molar-refractivity contribution is 0.0909. The zero-order valence-electron chi connectivity index (χ0n) is 18.3. The minimum atomic E-state index is -0.390. The van der Waals surface area contributed by atoms with E-state index in [-0.39, 0.29) is 17.6 Å². The van der Waals surface area contributed by atoms with Gasteiger partial charge in [-0.05, 0) is 60.9 Å². The lowest BCUT2D eigenvalue weighted by Gasteiger charge is -2.22. The van der Waals surface area contributed by atoms with Crippen LogP contribution in [0.1, 0.15) is 32.8 Å². The number of nitrogens with one attached hydrogen (secondary N) is 3. The molecule has 1 aliphatic carbocycles. The number of amides is 1. The van der Waals surface area contributed by atoms with Crippen LogP contribution in [-0.4, -0.2) is 28.2 Å². The summed E-state index contributed by atoms with van der Waals surface area (Å²) in [6.07, 6.45) is 4.39. The van der Waals surface area contributed by atoms with Crippen LogP contribution in [0.3, 0.4) is 0 Å². The molecule has 5 rings (SSSR count). The van der Waals surface area contributed by atoms with Gasteiger partial charge in [0.15, 0.2) is 5.78 Å². The zero-order chi connectivity index (χ0) is 23.5. The van der Waals surface area contributed by atoms with E-state index in [1.165, 1.54) is 24.3 Å². The Kier molecular flexibility index (Phi) is 5.91. The number of hydrogen-bond acceptors (Lipinski definition) is 4. The first-order valence-corrected chi connectivity index (χ1v) is 11.1. The highest BCUT2D eigenvalue weighted by Crippen LogP contribution is 2.39. The van der Waals surface area contributed by atoms with Gasteiger partial charge in [-0.15, -0.1) is 0 Å². The number of carbonyl (C=O) groups excluding carboxylic acids is 2.